The maximum absolute atomic E-state index is 14.3. The molecule has 0 aliphatic heterocycles. The van der Waals surface area contributed by atoms with Crippen LogP contribution in [0.4, 0.5) is 10.1 Å². The molecule has 0 fully saturated rings. The molecule has 1 N–H and O–H groups in total. The number of halogens is 2. The van der Waals surface area contributed by atoms with Crippen molar-refractivity contribution < 1.29 is 9.13 Å². The molecule has 0 unspecified atom stereocenters. The Morgan fingerprint density at radius 1 is 1.30 bits per heavy atom. The van der Waals surface area contributed by atoms with Gasteiger partial charge in [-0.25, -0.2) is 4.39 Å². The second-order valence-corrected chi connectivity index (χ2v) is 6.18. The maximum atomic E-state index is 14.3. The lowest BCUT2D eigenvalue weighted by atomic mass is 10.2. The summed E-state index contributed by atoms with van der Waals surface area (Å²) in [6, 6.07) is 7.02. The van der Waals surface area contributed by atoms with Gasteiger partial charge in [0.2, 0.25) is 0 Å². The fourth-order valence-electron chi connectivity index (χ4n) is 2.73. The van der Waals surface area contributed by atoms with Gasteiger partial charge in [0.1, 0.15) is 11.6 Å². The predicted octanol–water partition coefficient (Wildman–Crippen LogP) is 4.37. The number of aromatic nitrogens is 2. The maximum Gasteiger partial charge on any atom is 0.147 e. The van der Waals surface area contributed by atoms with Gasteiger partial charge < -0.3 is 14.6 Å². The number of fused-ring (bicyclic) bond motifs is 1. The molecule has 4 nitrogen and oxygen atoms in total. The summed E-state index contributed by atoms with van der Waals surface area (Å²) in [6.07, 6.45) is 3.49. The normalized spacial score (nSPS) is 11.0. The highest BCUT2D eigenvalue weighted by atomic mass is 79.9. The summed E-state index contributed by atoms with van der Waals surface area (Å²) in [6.45, 7) is 3.28. The molecular formula is C17H17BrFN3O. The molecule has 0 saturated heterocycles. The molecule has 0 radical (unpaired) electrons. The number of pyridine rings is 1. The molecule has 0 spiro atoms. The molecule has 3 rings (SSSR count). The van der Waals surface area contributed by atoms with Crippen molar-refractivity contribution in [3.8, 4) is 5.75 Å². The van der Waals surface area contributed by atoms with Gasteiger partial charge in [-0.2, -0.15) is 0 Å². The fourth-order valence-corrected chi connectivity index (χ4v) is 3.09. The van der Waals surface area contributed by atoms with Gasteiger partial charge in [0.25, 0.3) is 0 Å². The number of benzene rings is 1. The molecule has 2 aromatic heterocycles. The summed E-state index contributed by atoms with van der Waals surface area (Å²) in [4.78, 5) is 4.11. The molecule has 2 heterocycles. The topological polar surface area (TPSA) is 39.1 Å². The Bertz CT molecular complexity index is 847. The van der Waals surface area contributed by atoms with Gasteiger partial charge >= 0.3 is 0 Å². The van der Waals surface area contributed by atoms with E-state index in [1.165, 1.54) is 6.07 Å². The van der Waals surface area contributed by atoms with Crippen LogP contribution in [-0.2, 0) is 6.54 Å². The van der Waals surface area contributed by atoms with Crippen molar-refractivity contribution in [1.82, 2.24) is 9.55 Å². The van der Waals surface area contributed by atoms with E-state index in [1.54, 1.807) is 25.6 Å². The Balaban J connectivity index is 1.84. The Morgan fingerprint density at radius 2 is 2.13 bits per heavy atom. The highest BCUT2D eigenvalue weighted by Crippen LogP contribution is 2.30. The summed E-state index contributed by atoms with van der Waals surface area (Å²) in [5.41, 5.74) is 2.50. The van der Waals surface area contributed by atoms with Gasteiger partial charge in [-0.15, -0.1) is 0 Å². The fraction of sp³-hybridized carbons (Fsp3) is 0.235. The smallest absolute Gasteiger partial charge is 0.147 e. The van der Waals surface area contributed by atoms with Crippen molar-refractivity contribution >= 4 is 32.5 Å². The first-order valence-corrected chi connectivity index (χ1v) is 8.06. The zero-order chi connectivity index (χ0) is 16.4. The van der Waals surface area contributed by atoms with Crippen LogP contribution in [0.15, 0.2) is 41.1 Å². The highest BCUT2D eigenvalue weighted by molar-refractivity contribution is 9.10. The molecule has 0 atom stereocenters. The second-order valence-electron chi connectivity index (χ2n) is 5.27. The van der Waals surface area contributed by atoms with Gasteiger partial charge in [-0.1, -0.05) is 0 Å². The van der Waals surface area contributed by atoms with Crippen LogP contribution in [0.3, 0.4) is 0 Å². The Morgan fingerprint density at radius 3 is 2.87 bits per heavy atom. The van der Waals surface area contributed by atoms with Crippen molar-refractivity contribution in [2.45, 2.75) is 13.5 Å². The summed E-state index contributed by atoms with van der Waals surface area (Å²) >= 11 is 3.39. The Hall–Kier alpha value is -2.08. The zero-order valence-electron chi connectivity index (χ0n) is 12.9. The number of nitrogens with one attached hydrogen (secondary N) is 1. The molecule has 0 saturated carbocycles. The molecule has 0 amide bonds. The lowest BCUT2D eigenvalue weighted by Gasteiger charge is -2.11. The van der Waals surface area contributed by atoms with E-state index in [2.05, 4.69) is 26.2 Å². The quantitative estimate of drug-likeness (QED) is 0.717. The zero-order valence-corrected chi connectivity index (χ0v) is 14.5. The number of rotatable bonds is 5. The number of ether oxygens (including phenoxy) is 1. The third-order valence-corrected chi connectivity index (χ3v) is 4.20. The first-order chi connectivity index (χ1) is 11.1. The standard InChI is InChI=1S/C17H17BrFN3O/c1-11-7-14-16(23-2)4-3-15(19)17(14)22(11)6-5-21-13-8-12(18)9-20-10-13/h3-4,7-10,21H,5-6H2,1-2H3. The van der Waals surface area contributed by atoms with Crippen LogP contribution < -0.4 is 10.1 Å². The number of hydrogen-bond acceptors (Lipinski definition) is 3. The SMILES string of the molecule is COc1ccc(F)c2c1cc(C)n2CCNc1cncc(Br)c1. The molecule has 0 aliphatic rings. The van der Waals surface area contributed by atoms with Crippen LogP contribution in [0, 0.1) is 12.7 Å². The molecule has 1 aromatic carbocycles. The van der Waals surface area contributed by atoms with Crippen molar-refractivity contribution in [2.75, 3.05) is 19.0 Å². The van der Waals surface area contributed by atoms with Crippen LogP contribution >= 0.6 is 15.9 Å². The van der Waals surface area contributed by atoms with E-state index in [0.717, 1.165) is 21.2 Å². The monoisotopic (exact) mass is 377 g/mol. The minimum atomic E-state index is -0.238. The molecule has 120 valence electrons. The van der Waals surface area contributed by atoms with Gasteiger partial charge in [-0.05, 0) is 47.1 Å². The van der Waals surface area contributed by atoms with Gasteiger partial charge in [0.15, 0.2) is 0 Å². The van der Waals surface area contributed by atoms with Crippen LogP contribution in [0.25, 0.3) is 10.9 Å². The molecule has 23 heavy (non-hydrogen) atoms. The minimum absolute atomic E-state index is 0.238. The average molecular weight is 378 g/mol. The Labute approximate surface area is 142 Å². The van der Waals surface area contributed by atoms with E-state index in [-0.39, 0.29) is 5.82 Å². The van der Waals surface area contributed by atoms with Crippen LogP contribution in [0.1, 0.15) is 5.69 Å². The third-order valence-electron chi connectivity index (χ3n) is 3.77. The van der Waals surface area contributed by atoms with Crippen molar-refractivity contribution in [1.29, 1.82) is 0 Å². The molecular weight excluding hydrogens is 361 g/mol. The van der Waals surface area contributed by atoms with E-state index >= 15 is 0 Å². The number of nitrogens with zero attached hydrogens (tertiary/aromatic N) is 2. The molecule has 0 aliphatic carbocycles. The van der Waals surface area contributed by atoms with E-state index < -0.39 is 0 Å². The lowest BCUT2D eigenvalue weighted by Crippen LogP contribution is -2.12. The molecule has 0 bridgehead atoms. The molecule has 3 aromatic rings. The first-order valence-electron chi connectivity index (χ1n) is 7.27. The molecule has 6 heteroatoms. The van der Waals surface area contributed by atoms with E-state index in [4.69, 9.17) is 4.74 Å². The van der Waals surface area contributed by atoms with Crippen LogP contribution in [0.2, 0.25) is 0 Å². The number of hydrogen-bond donors (Lipinski definition) is 1. The van der Waals surface area contributed by atoms with Crippen LogP contribution in [0.5, 0.6) is 5.75 Å². The summed E-state index contributed by atoms with van der Waals surface area (Å²) < 4.78 is 22.5. The second kappa shape index (κ2) is 6.58. The van der Waals surface area contributed by atoms with Gasteiger partial charge in [0.05, 0.1) is 24.5 Å². The largest absolute Gasteiger partial charge is 0.496 e. The summed E-state index contributed by atoms with van der Waals surface area (Å²) in [5.74, 6) is 0.449. The summed E-state index contributed by atoms with van der Waals surface area (Å²) in [5, 5.41) is 4.10. The first kappa shape index (κ1) is 15.8. The van der Waals surface area contributed by atoms with Gasteiger partial charge in [0, 0.05) is 34.8 Å². The minimum Gasteiger partial charge on any atom is -0.496 e. The predicted molar refractivity (Wildman–Crippen MR) is 93.6 cm³/mol. The van der Waals surface area contributed by atoms with E-state index in [0.29, 0.717) is 24.4 Å². The van der Waals surface area contributed by atoms with E-state index in [9.17, 15) is 4.39 Å². The van der Waals surface area contributed by atoms with Crippen LogP contribution in [-0.4, -0.2) is 23.2 Å². The average Bonchev–Trinajstić information content (AvgIpc) is 2.86. The van der Waals surface area contributed by atoms with Crippen molar-refractivity contribution in [2.24, 2.45) is 0 Å². The van der Waals surface area contributed by atoms with E-state index in [1.807, 2.05) is 23.6 Å². The number of anilines is 1. The number of aryl methyl sites for hydroxylation is 1. The van der Waals surface area contributed by atoms with Gasteiger partial charge in [-0.3, -0.25) is 4.98 Å². The number of methoxy groups -OCH3 is 1. The van der Waals surface area contributed by atoms with Crippen molar-refractivity contribution in [3.05, 3.63) is 52.6 Å². The summed E-state index contributed by atoms with van der Waals surface area (Å²) in [7, 11) is 1.60. The third kappa shape index (κ3) is 3.17. The lowest BCUT2D eigenvalue weighted by molar-refractivity contribution is 0.419. The Kier molecular flexibility index (Phi) is 4.52. The van der Waals surface area contributed by atoms with Crippen molar-refractivity contribution in [3.63, 3.8) is 0 Å². The highest BCUT2D eigenvalue weighted by Gasteiger charge is 2.14.